The molecule has 16 heavy (non-hydrogen) atoms. The summed E-state index contributed by atoms with van der Waals surface area (Å²) in [4.78, 5) is 20.0. The number of carbonyl (C=O) groups excluding carboxylic acids is 1. The highest BCUT2D eigenvalue weighted by atomic mass is 32.2. The van der Waals surface area contributed by atoms with Crippen molar-refractivity contribution in [3.8, 4) is 0 Å². The second-order valence-electron chi connectivity index (χ2n) is 3.86. The zero-order chi connectivity index (χ0) is 11.1. The molecule has 2 aliphatic rings. The Morgan fingerprint density at radius 2 is 2.44 bits per heavy atom. The highest BCUT2D eigenvalue weighted by Gasteiger charge is 2.30. The van der Waals surface area contributed by atoms with Crippen molar-refractivity contribution >= 4 is 29.3 Å². The summed E-state index contributed by atoms with van der Waals surface area (Å²) in [5, 5.41) is 7.91. The zero-order valence-corrected chi connectivity index (χ0v) is 9.62. The lowest BCUT2D eigenvalue weighted by atomic mass is 9.95. The van der Waals surface area contributed by atoms with Gasteiger partial charge < -0.3 is 5.32 Å². The molecule has 6 nitrogen and oxygen atoms in total. The molecule has 3 rings (SSSR count). The highest BCUT2D eigenvalue weighted by molar-refractivity contribution is 7.98. The lowest BCUT2D eigenvalue weighted by Crippen LogP contribution is -2.44. The Morgan fingerprint density at radius 3 is 3.25 bits per heavy atom. The molecule has 0 bridgehead atoms. The summed E-state index contributed by atoms with van der Waals surface area (Å²) < 4.78 is 1.82. The monoisotopic (exact) mass is 237 g/mol. The molecule has 0 saturated carbocycles. The van der Waals surface area contributed by atoms with Crippen molar-refractivity contribution in [1.82, 2.24) is 20.1 Å². The van der Waals surface area contributed by atoms with Crippen LogP contribution >= 0.6 is 11.8 Å². The van der Waals surface area contributed by atoms with Crippen LogP contribution in [0.3, 0.4) is 0 Å². The van der Waals surface area contributed by atoms with E-state index in [0.717, 1.165) is 17.4 Å². The first-order valence-electron chi connectivity index (χ1n) is 5.09. The molecular formula is C9H11N5OS. The van der Waals surface area contributed by atoms with Gasteiger partial charge in [-0.25, -0.2) is 9.67 Å². The van der Waals surface area contributed by atoms with Crippen molar-refractivity contribution < 1.29 is 4.79 Å². The molecule has 0 radical (unpaired) electrons. The smallest absolute Gasteiger partial charge is 0.248 e. The third-order valence-electron chi connectivity index (χ3n) is 2.81. The predicted octanol–water partition coefficient (Wildman–Crippen LogP) is 0.222. The Hall–Kier alpha value is -1.37. The molecule has 2 aliphatic heterocycles. The van der Waals surface area contributed by atoms with Gasteiger partial charge in [0.1, 0.15) is 0 Å². The molecule has 0 aliphatic carbocycles. The number of piperidine rings is 1. The lowest BCUT2D eigenvalue weighted by molar-refractivity contribution is -0.120. The number of nitrogens with zero attached hydrogens (tertiary/aromatic N) is 4. The number of aliphatic imine (C=N–C) groups is 1. The number of rotatable bonds is 1. The van der Waals surface area contributed by atoms with Crippen LogP contribution in [0.4, 0.5) is 5.95 Å². The van der Waals surface area contributed by atoms with Crippen LogP contribution in [0.1, 0.15) is 6.42 Å². The Balaban J connectivity index is 1.97. The van der Waals surface area contributed by atoms with Crippen molar-refractivity contribution in [3.63, 3.8) is 0 Å². The van der Waals surface area contributed by atoms with Crippen molar-refractivity contribution in [3.05, 3.63) is 0 Å². The summed E-state index contributed by atoms with van der Waals surface area (Å²) in [6.45, 7) is 1.42. The zero-order valence-electron chi connectivity index (χ0n) is 8.80. The standard InChI is InChI=1S/C9H11N5OS/c1-16-9-12-8-11-6-2-7(15)10-3-5(6)4-14(8)13-9/h5H,2-4H2,1H3,(H,10,15). The summed E-state index contributed by atoms with van der Waals surface area (Å²) in [6, 6.07) is 0. The Kier molecular flexibility index (Phi) is 2.20. The van der Waals surface area contributed by atoms with Gasteiger partial charge in [-0.3, -0.25) is 4.79 Å². The van der Waals surface area contributed by atoms with Gasteiger partial charge in [0.25, 0.3) is 0 Å². The second-order valence-corrected chi connectivity index (χ2v) is 4.63. The first kappa shape index (κ1) is 9.83. The number of aromatic nitrogens is 3. The van der Waals surface area contributed by atoms with Crippen LogP contribution in [0.5, 0.6) is 0 Å². The van der Waals surface area contributed by atoms with Gasteiger partial charge in [-0.1, -0.05) is 11.8 Å². The fraction of sp³-hybridized carbons (Fsp3) is 0.556. The molecule has 1 fully saturated rings. The minimum Gasteiger partial charge on any atom is -0.355 e. The maximum atomic E-state index is 11.3. The lowest BCUT2D eigenvalue weighted by Gasteiger charge is -2.27. The van der Waals surface area contributed by atoms with Gasteiger partial charge >= 0.3 is 0 Å². The number of hydrogen-bond acceptors (Lipinski definition) is 5. The topological polar surface area (TPSA) is 72.2 Å². The minimum atomic E-state index is 0.0491. The van der Waals surface area contributed by atoms with Crippen molar-refractivity contribution in [2.45, 2.75) is 18.1 Å². The van der Waals surface area contributed by atoms with E-state index in [1.165, 1.54) is 11.8 Å². The molecular weight excluding hydrogens is 226 g/mol. The maximum absolute atomic E-state index is 11.3. The van der Waals surface area contributed by atoms with Crippen LogP contribution in [-0.2, 0) is 11.3 Å². The largest absolute Gasteiger partial charge is 0.355 e. The molecule has 1 N–H and O–H groups in total. The first-order chi connectivity index (χ1) is 7.76. The molecule has 0 aromatic carbocycles. The highest BCUT2D eigenvalue weighted by Crippen LogP contribution is 2.25. The summed E-state index contributed by atoms with van der Waals surface area (Å²) in [7, 11) is 0. The summed E-state index contributed by atoms with van der Waals surface area (Å²) in [5.74, 6) is 0.958. The van der Waals surface area contributed by atoms with E-state index in [-0.39, 0.29) is 11.8 Å². The van der Waals surface area contributed by atoms with Crippen molar-refractivity contribution in [2.75, 3.05) is 12.8 Å². The number of amides is 1. The third kappa shape index (κ3) is 1.51. The quantitative estimate of drug-likeness (QED) is 0.709. The minimum absolute atomic E-state index is 0.0491. The summed E-state index contributed by atoms with van der Waals surface area (Å²) in [6.07, 6.45) is 2.33. The van der Waals surface area contributed by atoms with E-state index in [0.29, 0.717) is 18.9 Å². The number of thioether (sulfide) groups is 1. The van der Waals surface area contributed by atoms with Crippen molar-refractivity contribution in [1.29, 1.82) is 0 Å². The van der Waals surface area contributed by atoms with Crippen LogP contribution < -0.4 is 5.32 Å². The molecule has 0 spiro atoms. The third-order valence-corrected chi connectivity index (χ3v) is 3.35. The Bertz CT molecular complexity index is 480. The normalized spacial score (nSPS) is 23.2. The van der Waals surface area contributed by atoms with Gasteiger partial charge in [-0.15, -0.1) is 5.10 Å². The van der Waals surface area contributed by atoms with Gasteiger partial charge in [0, 0.05) is 18.2 Å². The van der Waals surface area contributed by atoms with E-state index in [1.807, 2.05) is 10.9 Å². The molecule has 1 saturated heterocycles. The summed E-state index contributed by atoms with van der Waals surface area (Å²) in [5.41, 5.74) is 0.941. The van der Waals surface area contributed by atoms with Gasteiger partial charge in [0.15, 0.2) is 0 Å². The molecule has 1 atom stereocenters. The van der Waals surface area contributed by atoms with Crippen LogP contribution in [0.15, 0.2) is 10.1 Å². The molecule has 1 unspecified atom stereocenters. The fourth-order valence-corrected chi connectivity index (χ4v) is 2.32. The number of carbonyl (C=O) groups is 1. The second kappa shape index (κ2) is 3.58. The van der Waals surface area contributed by atoms with Gasteiger partial charge in [-0.2, -0.15) is 4.98 Å². The molecule has 84 valence electrons. The molecule has 7 heteroatoms. The predicted molar refractivity (Wildman–Crippen MR) is 60.0 cm³/mol. The van der Waals surface area contributed by atoms with Gasteiger partial charge in [0.05, 0.1) is 13.0 Å². The molecule has 1 aromatic heterocycles. The average molecular weight is 237 g/mol. The van der Waals surface area contributed by atoms with Crippen LogP contribution in [0.2, 0.25) is 0 Å². The first-order valence-corrected chi connectivity index (χ1v) is 6.31. The van der Waals surface area contributed by atoms with E-state index in [1.54, 1.807) is 0 Å². The van der Waals surface area contributed by atoms with Crippen LogP contribution in [0.25, 0.3) is 0 Å². The fourth-order valence-electron chi connectivity index (χ4n) is 1.97. The Labute approximate surface area is 96.5 Å². The van der Waals surface area contributed by atoms with E-state index in [2.05, 4.69) is 20.4 Å². The maximum Gasteiger partial charge on any atom is 0.248 e. The van der Waals surface area contributed by atoms with Gasteiger partial charge in [-0.05, 0) is 6.26 Å². The van der Waals surface area contributed by atoms with Crippen LogP contribution in [0, 0.1) is 5.92 Å². The van der Waals surface area contributed by atoms with E-state index in [9.17, 15) is 4.79 Å². The van der Waals surface area contributed by atoms with Crippen LogP contribution in [-0.4, -0.2) is 39.2 Å². The number of nitrogens with one attached hydrogen (secondary N) is 1. The average Bonchev–Trinajstić information content (AvgIpc) is 2.67. The van der Waals surface area contributed by atoms with Gasteiger partial charge in [0.2, 0.25) is 17.0 Å². The Morgan fingerprint density at radius 1 is 1.56 bits per heavy atom. The number of fused-ring (bicyclic) bond motifs is 2. The molecule has 1 amide bonds. The molecule has 1 aromatic rings. The van der Waals surface area contributed by atoms with Crippen molar-refractivity contribution in [2.24, 2.45) is 10.9 Å². The van der Waals surface area contributed by atoms with E-state index >= 15 is 0 Å². The van der Waals surface area contributed by atoms with E-state index < -0.39 is 0 Å². The SMILES string of the molecule is CSc1nc2n(n1)CC1CNC(=O)CC1=N2. The molecule has 3 heterocycles. The summed E-state index contributed by atoms with van der Waals surface area (Å²) >= 11 is 1.50. The number of hydrogen-bond donors (Lipinski definition) is 1. The van der Waals surface area contributed by atoms with E-state index in [4.69, 9.17) is 0 Å².